The van der Waals surface area contributed by atoms with Crippen molar-refractivity contribution in [1.82, 2.24) is 10.2 Å². The molecule has 7 heteroatoms. The van der Waals surface area contributed by atoms with Crippen molar-refractivity contribution < 1.29 is 19.5 Å². The highest BCUT2D eigenvalue weighted by Gasteiger charge is 2.31. The van der Waals surface area contributed by atoms with Crippen LogP contribution in [0.3, 0.4) is 0 Å². The summed E-state index contributed by atoms with van der Waals surface area (Å²) in [7, 11) is 0. The maximum Gasteiger partial charge on any atom is 0.308 e. The van der Waals surface area contributed by atoms with Crippen LogP contribution in [-0.2, 0) is 14.4 Å². The third kappa shape index (κ3) is 3.88. The number of rotatable bonds is 4. The summed E-state index contributed by atoms with van der Waals surface area (Å²) >= 11 is 1.49. The fourth-order valence-electron chi connectivity index (χ4n) is 2.74. The van der Waals surface area contributed by atoms with Gasteiger partial charge in [0, 0.05) is 6.04 Å². The summed E-state index contributed by atoms with van der Waals surface area (Å²) in [6.07, 6.45) is 4.15. The maximum atomic E-state index is 12.0. The standard InChI is InChI=1S/C13H20N2O4S/c16-11(6-15-8-20-7-12(15)17)14-10-5-3-1-2-4-9(10)13(18)19/h9-10H,1-8H2,(H,14,16)(H,18,19). The third-order valence-electron chi connectivity index (χ3n) is 3.84. The zero-order chi connectivity index (χ0) is 14.5. The van der Waals surface area contributed by atoms with Crippen LogP contribution in [-0.4, -0.2) is 52.0 Å². The first-order valence-corrected chi connectivity index (χ1v) is 8.11. The van der Waals surface area contributed by atoms with Crippen molar-refractivity contribution in [2.24, 2.45) is 5.92 Å². The molecule has 2 fully saturated rings. The lowest BCUT2D eigenvalue weighted by Crippen LogP contribution is -2.47. The topological polar surface area (TPSA) is 86.7 Å². The lowest BCUT2D eigenvalue weighted by Gasteiger charge is -2.24. The van der Waals surface area contributed by atoms with Crippen LogP contribution in [0.2, 0.25) is 0 Å². The smallest absolute Gasteiger partial charge is 0.308 e. The third-order valence-corrected chi connectivity index (χ3v) is 4.78. The van der Waals surface area contributed by atoms with Crippen molar-refractivity contribution >= 4 is 29.5 Å². The maximum absolute atomic E-state index is 12.0. The molecule has 2 unspecified atom stereocenters. The van der Waals surface area contributed by atoms with Crippen LogP contribution < -0.4 is 5.32 Å². The van der Waals surface area contributed by atoms with Gasteiger partial charge in [-0.05, 0) is 12.8 Å². The van der Waals surface area contributed by atoms with Gasteiger partial charge in [0.05, 0.1) is 17.5 Å². The van der Waals surface area contributed by atoms with Gasteiger partial charge in [0.15, 0.2) is 0 Å². The molecule has 0 aromatic rings. The van der Waals surface area contributed by atoms with E-state index in [9.17, 15) is 19.5 Å². The van der Waals surface area contributed by atoms with Gasteiger partial charge in [-0.2, -0.15) is 0 Å². The minimum atomic E-state index is -0.843. The highest BCUT2D eigenvalue weighted by Crippen LogP contribution is 2.24. The molecule has 2 amide bonds. The first kappa shape index (κ1) is 15.2. The van der Waals surface area contributed by atoms with Crippen LogP contribution in [0.4, 0.5) is 0 Å². The lowest BCUT2D eigenvalue weighted by molar-refractivity contribution is -0.143. The summed E-state index contributed by atoms with van der Waals surface area (Å²) in [5, 5.41) is 12.1. The normalized spacial score (nSPS) is 27.2. The van der Waals surface area contributed by atoms with E-state index < -0.39 is 11.9 Å². The van der Waals surface area contributed by atoms with Crippen molar-refractivity contribution in [1.29, 1.82) is 0 Å². The Bertz CT molecular complexity index is 402. The zero-order valence-corrected chi connectivity index (χ0v) is 12.2. The summed E-state index contributed by atoms with van der Waals surface area (Å²) in [6, 6.07) is -0.312. The fraction of sp³-hybridized carbons (Fsp3) is 0.769. The van der Waals surface area contributed by atoms with Crippen molar-refractivity contribution in [3.8, 4) is 0 Å². The average Bonchev–Trinajstić information content (AvgIpc) is 2.65. The molecule has 20 heavy (non-hydrogen) atoms. The highest BCUT2D eigenvalue weighted by atomic mass is 32.2. The van der Waals surface area contributed by atoms with Gasteiger partial charge in [0.25, 0.3) is 0 Å². The predicted molar refractivity (Wildman–Crippen MR) is 75.2 cm³/mol. The van der Waals surface area contributed by atoms with E-state index >= 15 is 0 Å². The van der Waals surface area contributed by atoms with E-state index in [4.69, 9.17) is 0 Å². The molecule has 0 aromatic heterocycles. The molecule has 1 saturated carbocycles. The fourth-order valence-corrected chi connectivity index (χ4v) is 3.65. The number of carbonyl (C=O) groups is 3. The van der Waals surface area contributed by atoms with Gasteiger partial charge >= 0.3 is 5.97 Å². The molecule has 112 valence electrons. The molecule has 2 N–H and O–H groups in total. The molecule has 2 atom stereocenters. The molecule has 2 rings (SSSR count). The van der Waals surface area contributed by atoms with E-state index in [1.807, 2.05) is 0 Å². The van der Waals surface area contributed by atoms with Gasteiger partial charge < -0.3 is 15.3 Å². The molecule has 1 aliphatic carbocycles. The van der Waals surface area contributed by atoms with Crippen LogP contribution in [0.5, 0.6) is 0 Å². The quantitative estimate of drug-likeness (QED) is 0.745. The van der Waals surface area contributed by atoms with Gasteiger partial charge in [-0.1, -0.05) is 19.3 Å². The molecule has 2 aliphatic rings. The monoisotopic (exact) mass is 300 g/mol. The first-order chi connectivity index (χ1) is 9.58. The second-order valence-corrected chi connectivity index (χ2v) is 6.28. The van der Waals surface area contributed by atoms with Gasteiger partial charge in [-0.25, -0.2) is 0 Å². The number of hydrogen-bond donors (Lipinski definition) is 2. The average molecular weight is 300 g/mol. The molecular formula is C13H20N2O4S. The van der Waals surface area contributed by atoms with Crippen LogP contribution in [0, 0.1) is 5.92 Å². The van der Waals surface area contributed by atoms with Crippen molar-refractivity contribution in [3.63, 3.8) is 0 Å². The highest BCUT2D eigenvalue weighted by molar-refractivity contribution is 8.00. The Morgan fingerprint density at radius 1 is 1.30 bits per heavy atom. The Balaban J connectivity index is 1.90. The van der Waals surface area contributed by atoms with Crippen molar-refractivity contribution in [2.45, 2.75) is 38.1 Å². The Morgan fingerprint density at radius 3 is 2.70 bits per heavy atom. The van der Waals surface area contributed by atoms with E-state index in [1.54, 1.807) is 0 Å². The number of carboxylic acids is 1. The first-order valence-electron chi connectivity index (χ1n) is 6.95. The number of amides is 2. The van der Waals surface area contributed by atoms with Gasteiger partial charge in [-0.15, -0.1) is 11.8 Å². The SMILES string of the molecule is O=C(CN1CSCC1=O)NC1CCCCCC1C(=O)O. The van der Waals surface area contributed by atoms with E-state index in [-0.39, 0.29) is 24.4 Å². The van der Waals surface area contributed by atoms with Crippen LogP contribution >= 0.6 is 11.8 Å². The van der Waals surface area contributed by atoms with Gasteiger partial charge in [-0.3, -0.25) is 14.4 Å². The summed E-state index contributed by atoms with van der Waals surface area (Å²) in [6.45, 7) is 0.0364. The molecule has 0 spiro atoms. The summed E-state index contributed by atoms with van der Waals surface area (Å²) < 4.78 is 0. The Hall–Kier alpha value is -1.24. The van der Waals surface area contributed by atoms with E-state index in [2.05, 4.69) is 5.32 Å². The largest absolute Gasteiger partial charge is 0.481 e. The summed E-state index contributed by atoms with van der Waals surface area (Å²) in [5.41, 5.74) is 0. The Labute approximate surface area is 122 Å². The number of nitrogens with zero attached hydrogens (tertiary/aromatic N) is 1. The van der Waals surface area contributed by atoms with Crippen molar-refractivity contribution in [2.75, 3.05) is 18.2 Å². The number of carboxylic acid groups (broad SMARTS) is 1. The summed E-state index contributed by atoms with van der Waals surface area (Å²) in [4.78, 5) is 36.2. The molecule has 0 aromatic carbocycles. The molecular weight excluding hydrogens is 280 g/mol. The van der Waals surface area contributed by atoms with Gasteiger partial charge in [0.1, 0.15) is 6.54 Å². The van der Waals surface area contributed by atoms with Crippen LogP contribution in [0.15, 0.2) is 0 Å². The van der Waals surface area contributed by atoms with Gasteiger partial charge in [0.2, 0.25) is 11.8 Å². The Morgan fingerprint density at radius 2 is 2.05 bits per heavy atom. The minimum absolute atomic E-state index is 0.0270. The minimum Gasteiger partial charge on any atom is -0.481 e. The summed E-state index contributed by atoms with van der Waals surface area (Å²) in [5.74, 6) is -0.664. The number of aliphatic carboxylic acids is 1. The molecule has 0 radical (unpaired) electrons. The Kier molecular flexibility index (Phi) is 5.28. The molecule has 6 nitrogen and oxygen atoms in total. The lowest BCUT2D eigenvalue weighted by atomic mass is 9.95. The van der Waals surface area contributed by atoms with Crippen LogP contribution in [0.25, 0.3) is 0 Å². The number of nitrogens with one attached hydrogen (secondary N) is 1. The van der Waals surface area contributed by atoms with E-state index in [1.165, 1.54) is 16.7 Å². The van der Waals surface area contributed by atoms with E-state index in [0.717, 1.165) is 19.3 Å². The van der Waals surface area contributed by atoms with Crippen LogP contribution in [0.1, 0.15) is 32.1 Å². The predicted octanol–water partition coefficient (Wildman–Crippen LogP) is 0.669. The molecule has 0 bridgehead atoms. The number of thioether (sulfide) groups is 1. The number of carbonyl (C=O) groups excluding carboxylic acids is 2. The van der Waals surface area contributed by atoms with E-state index in [0.29, 0.717) is 24.5 Å². The second-order valence-electron chi connectivity index (χ2n) is 5.33. The second kappa shape index (κ2) is 6.97. The van der Waals surface area contributed by atoms with Crippen molar-refractivity contribution in [3.05, 3.63) is 0 Å². The zero-order valence-electron chi connectivity index (χ0n) is 11.3. The number of hydrogen-bond acceptors (Lipinski definition) is 4. The molecule has 1 saturated heterocycles. The molecule has 1 aliphatic heterocycles. The molecule has 1 heterocycles.